The zero-order valence-corrected chi connectivity index (χ0v) is 19.2. The van der Waals surface area contributed by atoms with Crippen LogP contribution in [-0.2, 0) is 16.1 Å². The summed E-state index contributed by atoms with van der Waals surface area (Å²) in [5, 5.41) is 18.2. The standard InChI is InChI=1S/C27H28N2O4/c1-4-31-22-12-18(10-11-21(22)32-16-17-8-6-5-7-9-17)24-19(15-28)26(29)33-23-14-27(2,3)13-20(30)25(23)24/h5-12,19,24,29H,4,13-14,16H2,1-3H3. The van der Waals surface area contributed by atoms with E-state index in [4.69, 9.17) is 19.6 Å². The minimum Gasteiger partial charge on any atom is -0.490 e. The van der Waals surface area contributed by atoms with Crippen LogP contribution in [0.25, 0.3) is 0 Å². The maximum absolute atomic E-state index is 13.2. The van der Waals surface area contributed by atoms with Gasteiger partial charge in [0.05, 0.1) is 12.7 Å². The molecule has 4 rings (SSSR count). The maximum Gasteiger partial charge on any atom is 0.205 e. The van der Waals surface area contributed by atoms with Gasteiger partial charge in [-0.3, -0.25) is 10.2 Å². The van der Waals surface area contributed by atoms with Crippen LogP contribution in [0.1, 0.15) is 50.7 Å². The summed E-state index contributed by atoms with van der Waals surface area (Å²) in [5.41, 5.74) is 2.05. The number of Topliss-reactive ketones (excluding diaryl/α,β-unsaturated/α-hetero) is 1. The Morgan fingerprint density at radius 3 is 2.58 bits per heavy atom. The molecule has 6 nitrogen and oxygen atoms in total. The van der Waals surface area contributed by atoms with Crippen molar-refractivity contribution in [2.45, 2.75) is 46.1 Å². The summed E-state index contributed by atoms with van der Waals surface area (Å²) in [5.74, 6) is 0.0593. The molecular weight excluding hydrogens is 416 g/mol. The Bertz CT molecular complexity index is 1140. The van der Waals surface area contributed by atoms with Gasteiger partial charge in [0, 0.05) is 24.3 Å². The number of nitrogens with zero attached hydrogens (tertiary/aromatic N) is 1. The van der Waals surface area contributed by atoms with Crippen LogP contribution < -0.4 is 9.47 Å². The van der Waals surface area contributed by atoms with E-state index in [1.165, 1.54) is 0 Å². The van der Waals surface area contributed by atoms with E-state index in [0.29, 0.717) is 48.9 Å². The fourth-order valence-corrected chi connectivity index (χ4v) is 4.56. The minimum atomic E-state index is -0.875. The summed E-state index contributed by atoms with van der Waals surface area (Å²) in [6.07, 6.45) is 0.940. The number of nitriles is 1. The molecule has 33 heavy (non-hydrogen) atoms. The second-order valence-corrected chi connectivity index (χ2v) is 9.24. The molecule has 2 aromatic rings. The summed E-state index contributed by atoms with van der Waals surface area (Å²) in [6.45, 7) is 6.75. The Labute approximate surface area is 194 Å². The zero-order valence-electron chi connectivity index (χ0n) is 19.2. The first-order valence-corrected chi connectivity index (χ1v) is 11.2. The average Bonchev–Trinajstić information content (AvgIpc) is 2.77. The van der Waals surface area contributed by atoms with Crippen molar-refractivity contribution in [1.82, 2.24) is 0 Å². The summed E-state index contributed by atoms with van der Waals surface area (Å²) in [4.78, 5) is 13.2. The number of carbonyl (C=O) groups is 1. The zero-order chi connectivity index (χ0) is 23.6. The third-order valence-electron chi connectivity index (χ3n) is 6.04. The molecule has 0 amide bonds. The molecule has 6 heteroatoms. The second-order valence-electron chi connectivity index (χ2n) is 9.24. The fourth-order valence-electron chi connectivity index (χ4n) is 4.56. The van der Waals surface area contributed by atoms with E-state index < -0.39 is 11.8 Å². The molecule has 0 bridgehead atoms. The number of allylic oxidation sites excluding steroid dienone is 2. The fraction of sp³-hybridized carbons (Fsp3) is 0.370. The average molecular weight is 445 g/mol. The lowest BCUT2D eigenvalue weighted by atomic mass is 9.68. The van der Waals surface area contributed by atoms with Crippen LogP contribution in [0.3, 0.4) is 0 Å². The van der Waals surface area contributed by atoms with E-state index in [9.17, 15) is 10.1 Å². The topological polar surface area (TPSA) is 92.4 Å². The molecule has 0 fully saturated rings. The van der Waals surface area contributed by atoms with E-state index in [1.54, 1.807) is 0 Å². The number of nitrogens with one attached hydrogen (secondary N) is 1. The SMILES string of the molecule is CCOc1cc(C2C3=C(CC(C)(C)CC3=O)OC(=N)C2C#N)ccc1OCc1ccccc1. The van der Waals surface area contributed by atoms with Gasteiger partial charge in [0.15, 0.2) is 17.3 Å². The van der Waals surface area contributed by atoms with Gasteiger partial charge < -0.3 is 14.2 Å². The lowest BCUT2D eigenvalue weighted by molar-refractivity contribution is -0.119. The van der Waals surface area contributed by atoms with Crippen LogP contribution in [0.5, 0.6) is 11.5 Å². The number of ether oxygens (including phenoxy) is 3. The Kier molecular flexibility index (Phi) is 6.24. The number of ketones is 1. The molecule has 0 radical (unpaired) electrons. The largest absolute Gasteiger partial charge is 0.490 e. The molecule has 0 aromatic heterocycles. The van der Waals surface area contributed by atoms with Gasteiger partial charge >= 0.3 is 0 Å². The number of rotatable bonds is 6. The lowest BCUT2D eigenvalue weighted by Crippen LogP contribution is -2.38. The summed E-state index contributed by atoms with van der Waals surface area (Å²) in [7, 11) is 0. The highest BCUT2D eigenvalue weighted by atomic mass is 16.5. The van der Waals surface area contributed by atoms with Crippen LogP contribution in [0.15, 0.2) is 59.9 Å². The monoisotopic (exact) mass is 444 g/mol. The van der Waals surface area contributed by atoms with Crippen LogP contribution in [0.4, 0.5) is 0 Å². The van der Waals surface area contributed by atoms with Gasteiger partial charge in [-0.2, -0.15) is 5.26 Å². The van der Waals surface area contributed by atoms with Crippen LogP contribution in [0.2, 0.25) is 0 Å². The molecule has 0 spiro atoms. The highest BCUT2D eigenvalue weighted by Crippen LogP contribution is 2.48. The van der Waals surface area contributed by atoms with E-state index in [-0.39, 0.29) is 17.1 Å². The third-order valence-corrected chi connectivity index (χ3v) is 6.04. The van der Waals surface area contributed by atoms with Crippen molar-refractivity contribution >= 4 is 11.7 Å². The molecule has 2 unspecified atom stereocenters. The number of benzene rings is 2. The van der Waals surface area contributed by atoms with E-state index in [1.807, 2.05) is 69.3 Å². The molecule has 0 saturated carbocycles. The van der Waals surface area contributed by atoms with Gasteiger partial charge in [-0.1, -0.05) is 50.2 Å². The quantitative estimate of drug-likeness (QED) is 0.632. The Balaban J connectivity index is 1.72. The molecule has 1 N–H and O–H groups in total. The van der Waals surface area contributed by atoms with Crippen molar-refractivity contribution < 1.29 is 19.0 Å². The maximum atomic E-state index is 13.2. The Hall–Kier alpha value is -3.59. The lowest BCUT2D eigenvalue weighted by Gasteiger charge is -2.39. The van der Waals surface area contributed by atoms with Crippen molar-refractivity contribution in [1.29, 1.82) is 10.7 Å². The number of hydrogen-bond donors (Lipinski definition) is 1. The summed E-state index contributed by atoms with van der Waals surface area (Å²) in [6, 6.07) is 17.5. The van der Waals surface area contributed by atoms with E-state index in [0.717, 1.165) is 11.1 Å². The first kappa shape index (κ1) is 22.6. The van der Waals surface area contributed by atoms with Crippen molar-refractivity contribution in [3.05, 3.63) is 71.0 Å². The first-order valence-electron chi connectivity index (χ1n) is 11.2. The number of carbonyl (C=O) groups excluding carboxylic acids is 1. The van der Waals surface area contributed by atoms with Crippen molar-refractivity contribution in [3.8, 4) is 17.6 Å². The van der Waals surface area contributed by atoms with Crippen LogP contribution in [0, 0.1) is 28.1 Å². The normalized spacial score (nSPS) is 21.6. The van der Waals surface area contributed by atoms with Gasteiger partial charge in [0.25, 0.3) is 0 Å². The minimum absolute atomic E-state index is 0.0265. The molecule has 0 saturated heterocycles. The van der Waals surface area contributed by atoms with Gasteiger partial charge in [0.2, 0.25) is 5.90 Å². The first-order chi connectivity index (χ1) is 15.8. The molecule has 1 aliphatic carbocycles. The summed E-state index contributed by atoms with van der Waals surface area (Å²) >= 11 is 0. The third kappa shape index (κ3) is 4.63. The summed E-state index contributed by atoms with van der Waals surface area (Å²) < 4.78 is 17.6. The highest BCUT2D eigenvalue weighted by Gasteiger charge is 2.46. The molecule has 170 valence electrons. The molecular formula is C27H28N2O4. The van der Waals surface area contributed by atoms with Gasteiger partial charge in [-0.25, -0.2) is 0 Å². The van der Waals surface area contributed by atoms with E-state index in [2.05, 4.69) is 6.07 Å². The number of hydrogen-bond acceptors (Lipinski definition) is 6. The molecule has 2 aliphatic rings. The van der Waals surface area contributed by atoms with Crippen molar-refractivity contribution in [3.63, 3.8) is 0 Å². The Morgan fingerprint density at radius 1 is 1.12 bits per heavy atom. The van der Waals surface area contributed by atoms with Crippen LogP contribution >= 0.6 is 0 Å². The molecule has 2 atom stereocenters. The molecule has 1 aliphatic heterocycles. The van der Waals surface area contributed by atoms with Gasteiger partial charge in [-0.05, 0) is 35.6 Å². The molecule has 2 aromatic carbocycles. The van der Waals surface area contributed by atoms with E-state index >= 15 is 0 Å². The van der Waals surface area contributed by atoms with Crippen molar-refractivity contribution in [2.75, 3.05) is 6.61 Å². The van der Waals surface area contributed by atoms with Gasteiger partial charge in [0.1, 0.15) is 18.3 Å². The Morgan fingerprint density at radius 2 is 1.88 bits per heavy atom. The predicted molar refractivity (Wildman–Crippen MR) is 124 cm³/mol. The van der Waals surface area contributed by atoms with Crippen LogP contribution in [-0.4, -0.2) is 18.3 Å². The van der Waals surface area contributed by atoms with Gasteiger partial charge in [-0.15, -0.1) is 0 Å². The predicted octanol–water partition coefficient (Wildman–Crippen LogP) is 5.54. The second kappa shape index (κ2) is 9.11. The molecule has 1 heterocycles. The highest BCUT2D eigenvalue weighted by molar-refractivity contribution is 6.01. The smallest absolute Gasteiger partial charge is 0.205 e. The van der Waals surface area contributed by atoms with Crippen molar-refractivity contribution in [2.24, 2.45) is 11.3 Å².